The average molecular weight is 597 g/mol. The molecule has 0 saturated carbocycles. The lowest BCUT2D eigenvalue weighted by atomic mass is 10.1. The summed E-state index contributed by atoms with van der Waals surface area (Å²) in [5.41, 5.74) is 4.16. The van der Waals surface area contributed by atoms with Crippen molar-refractivity contribution in [1.29, 1.82) is 0 Å². The number of alkyl halides is 3. The molecule has 1 saturated heterocycles. The second-order valence-corrected chi connectivity index (χ2v) is 11.0. The second kappa shape index (κ2) is 14.2. The average Bonchev–Trinajstić information content (AvgIpc) is 2.90. The van der Waals surface area contributed by atoms with Crippen molar-refractivity contribution >= 4 is 33.3 Å². The number of hydrogen-bond donors (Lipinski definition) is 3. The molecule has 3 N–H and O–H groups in total. The molecule has 1 heterocycles. The number of carboxylic acid groups (broad SMARTS) is 1. The number of aliphatic carboxylic acids is 1. The molecule has 0 radical (unpaired) electrons. The van der Waals surface area contributed by atoms with Gasteiger partial charge in [-0.2, -0.15) is 13.2 Å². The maximum atomic E-state index is 13.5. The van der Waals surface area contributed by atoms with Gasteiger partial charge in [0.1, 0.15) is 0 Å². The lowest BCUT2D eigenvalue weighted by Gasteiger charge is -2.31. The molecular weight excluding hydrogens is 561 g/mol. The molecular formula is C28H35F3N4O5S. The Morgan fingerprint density at radius 3 is 2.07 bits per heavy atom. The Hall–Kier alpha value is -3.84. The zero-order valence-electron chi connectivity index (χ0n) is 23.2. The molecule has 224 valence electrons. The predicted octanol–water partition coefficient (Wildman–Crippen LogP) is 4.27. The van der Waals surface area contributed by atoms with E-state index < -0.39 is 22.2 Å². The first-order valence-electron chi connectivity index (χ1n) is 12.6. The summed E-state index contributed by atoms with van der Waals surface area (Å²) in [5.74, 6) is -2.97. The van der Waals surface area contributed by atoms with Gasteiger partial charge in [0, 0.05) is 44.8 Å². The number of benzene rings is 2. The zero-order valence-corrected chi connectivity index (χ0v) is 24.0. The van der Waals surface area contributed by atoms with Gasteiger partial charge < -0.3 is 20.2 Å². The molecule has 1 fully saturated rings. The van der Waals surface area contributed by atoms with Crippen LogP contribution in [-0.2, 0) is 14.8 Å². The van der Waals surface area contributed by atoms with Crippen molar-refractivity contribution in [3.63, 3.8) is 0 Å². The summed E-state index contributed by atoms with van der Waals surface area (Å²) in [6, 6.07) is 8.78. The third-order valence-corrected chi connectivity index (χ3v) is 7.76. The van der Waals surface area contributed by atoms with Crippen molar-refractivity contribution in [2.24, 2.45) is 0 Å². The van der Waals surface area contributed by atoms with Gasteiger partial charge in [-0.15, -0.1) is 13.2 Å². The summed E-state index contributed by atoms with van der Waals surface area (Å²) in [4.78, 5) is 26.0. The van der Waals surface area contributed by atoms with Gasteiger partial charge in [-0.25, -0.2) is 13.2 Å². The van der Waals surface area contributed by atoms with Crippen LogP contribution in [0.4, 0.5) is 24.5 Å². The molecule has 0 aromatic heterocycles. The monoisotopic (exact) mass is 596 g/mol. The third kappa shape index (κ3) is 9.08. The summed E-state index contributed by atoms with van der Waals surface area (Å²) in [7, 11) is -3.88. The molecule has 0 atom stereocenters. The Bertz CT molecular complexity index is 1380. The van der Waals surface area contributed by atoms with Crippen molar-refractivity contribution in [2.75, 3.05) is 48.9 Å². The molecule has 1 amide bonds. The predicted molar refractivity (Wildman–Crippen MR) is 153 cm³/mol. The highest BCUT2D eigenvalue weighted by Crippen LogP contribution is 2.31. The van der Waals surface area contributed by atoms with E-state index in [2.05, 4.69) is 28.1 Å². The third-order valence-electron chi connectivity index (χ3n) is 6.25. The van der Waals surface area contributed by atoms with E-state index in [4.69, 9.17) is 9.90 Å². The quantitative estimate of drug-likeness (QED) is 0.370. The Morgan fingerprint density at radius 2 is 1.56 bits per heavy atom. The molecule has 3 rings (SSSR count). The van der Waals surface area contributed by atoms with E-state index in [1.54, 1.807) is 42.2 Å². The molecule has 2 aromatic rings. The minimum absolute atomic E-state index is 0.213. The van der Waals surface area contributed by atoms with Crippen LogP contribution in [0.3, 0.4) is 0 Å². The maximum absolute atomic E-state index is 13.5. The minimum Gasteiger partial charge on any atom is -0.475 e. The molecule has 2 aromatic carbocycles. The van der Waals surface area contributed by atoms with Gasteiger partial charge >= 0.3 is 12.1 Å². The highest BCUT2D eigenvalue weighted by atomic mass is 32.2. The van der Waals surface area contributed by atoms with Gasteiger partial charge in [0.2, 0.25) is 0 Å². The van der Waals surface area contributed by atoms with Crippen LogP contribution in [0, 0.1) is 20.8 Å². The second-order valence-electron chi connectivity index (χ2n) is 9.37. The van der Waals surface area contributed by atoms with Crippen LogP contribution in [0.25, 0.3) is 0 Å². The number of rotatable bonds is 9. The number of piperazine rings is 1. The minimum atomic E-state index is -5.08. The first kappa shape index (κ1) is 33.4. The van der Waals surface area contributed by atoms with Crippen LogP contribution < -0.4 is 14.9 Å². The molecule has 0 aliphatic carbocycles. The normalized spacial score (nSPS) is 13.5. The maximum Gasteiger partial charge on any atom is 0.490 e. The van der Waals surface area contributed by atoms with Crippen molar-refractivity contribution in [3.8, 4) is 0 Å². The van der Waals surface area contributed by atoms with Gasteiger partial charge in [-0.05, 0) is 61.7 Å². The van der Waals surface area contributed by atoms with E-state index in [1.807, 2.05) is 26.0 Å². The van der Waals surface area contributed by atoms with Crippen molar-refractivity contribution in [1.82, 2.24) is 10.2 Å². The van der Waals surface area contributed by atoms with E-state index >= 15 is 0 Å². The fraction of sp³-hybridized carbons (Fsp3) is 0.357. The number of halogens is 3. The van der Waals surface area contributed by atoms with Crippen LogP contribution in [0.1, 0.15) is 27.0 Å². The number of sulfonamides is 1. The first-order chi connectivity index (χ1) is 19.1. The van der Waals surface area contributed by atoms with E-state index in [-0.39, 0.29) is 10.8 Å². The fourth-order valence-electron chi connectivity index (χ4n) is 4.09. The van der Waals surface area contributed by atoms with E-state index in [0.29, 0.717) is 29.9 Å². The molecule has 9 nitrogen and oxygen atoms in total. The first-order valence-corrected chi connectivity index (χ1v) is 14.1. The number of nitrogens with zero attached hydrogens (tertiary/aromatic N) is 2. The Labute approximate surface area is 238 Å². The number of carbonyl (C=O) groups excluding carboxylic acids is 1. The number of nitrogens with one attached hydrogen (secondary N) is 2. The lowest BCUT2D eigenvalue weighted by Crippen LogP contribution is -2.43. The molecule has 0 bridgehead atoms. The molecule has 0 spiro atoms. The van der Waals surface area contributed by atoms with Crippen molar-refractivity contribution in [2.45, 2.75) is 31.8 Å². The molecule has 41 heavy (non-hydrogen) atoms. The van der Waals surface area contributed by atoms with E-state index in [9.17, 15) is 26.4 Å². The van der Waals surface area contributed by atoms with Crippen LogP contribution in [-0.4, -0.2) is 75.7 Å². The highest BCUT2D eigenvalue weighted by molar-refractivity contribution is 7.92. The fourth-order valence-corrected chi connectivity index (χ4v) is 5.47. The summed E-state index contributed by atoms with van der Waals surface area (Å²) >= 11 is 0. The van der Waals surface area contributed by atoms with Crippen molar-refractivity contribution in [3.05, 3.63) is 77.9 Å². The Balaban J connectivity index is 0.000000745. The van der Waals surface area contributed by atoms with Crippen molar-refractivity contribution < 1.29 is 36.3 Å². The number of carbonyl (C=O) groups is 2. The van der Waals surface area contributed by atoms with Gasteiger partial charge in [0.05, 0.1) is 16.3 Å². The standard InChI is InChI=1S/C26H34N4O3S.C2HF3O2/c1-6-12-30(13-7-2)26(31)22-8-9-24(29-14-10-27-11-15-29)23(18-22)28-34(32,33)25-17-20(4)19(3)16-21(25)5;3-2(4,5)1(6)7/h6-9,16-18,27-28H,1-2,10-15H2,3-5H3;(H,6,7). The smallest absolute Gasteiger partial charge is 0.475 e. The highest BCUT2D eigenvalue weighted by Gasteiger charge is 2.38. The molecule has 0 unspecified atom stereocenters. The lowest BCUT2D eigenvalue weighted by molar-refractivity contribution is -0.192. The Morgan fingerprint density at radius 1 is 1.02 bits per heavy atom. The van der Waals surface area contributed by atoms with E-state index in [0.717, 1.165) is 43.0 Å². The summed E-state index contributed by atoms with van der Waals surface area (Å²) in [6.45, 7) is 16.9. The number of carboxylic acids is 1. The van der Waals surface area contributed by atoms with Crippen LogP contribution >= 0.6 is 0 Å². The van der Waals surface area contributed by atoms with Gasteiger partial charge in [0.25, 0.3) is 15.9 Å². The summed E-state index contributed by atoms with van der Waals surface area (Å²) in [6.07, 6.45) is -1.77. The van der Waals surface area contributed by atoms with Crippen LogP contribution in [0.5, 0.6) is 0 Å². The summed E-state index contributed by atoms with van der Waals surface area (Å²) < 4.78 is 61.5. The van der Waals surface area contributed by atoms with Gasteiger partial charge in [-0.3, -0.25) is 9.52 Å². The number of amides is 1. The van der Waals surface area contributed by atoms with E-state index in [1.165, 1.54) is 0 Å². The molecule has 13 heteroatoms. The zero-order chi connectivity index (χ0) is 31.0. The topological polar surface area (TPSA) is 119 Å². The Kier molecular flexibility index (Phi) is 11.5. The number of aryl methyl sites for hydroxylation is 3. The van der Waals surface area contributed by atoms with Crippen LogP contribution in [0.2, 0.25) is 0 Å². The largest absolute Gasteiger partial charge is 0.490 e. The number of anilines is 2. The molecule has 1 aliphatic rings. The van der Waals surface area contributed by atoms with Crippen LogP contribution in [0.15, 0.2) is 60.5 Å². The summed E-state index contributed by atoms with van der Waals surface area (Å²) in [5, 5.41) is 10.4. The van der Waals surface area contributed by atoms with Gasteiger partial charge in [0.15, 0.2) is 0 Å². The number of hydrogen-bond acceptors (Lipinski definition) is 6. The molecule has 1 aliphatic heterocycles. The SMILES string of the molecule is C=CCN(CC=C)C(=O)c1ccc(N2CCNCC2)c(NS(=O)(=O)c2cc(C)c(C)cc2C)c1.O=C(O)C(F)(F)F. The van der Waals surface area contributed by atoms with Gasteiger partial charge in [-0.1, -0.05) is 18.2 Å².